The van der Waals surface area contributed by atoms with Crippen molar-refractivity contribution in [1.29, 1.82) is 5.26 Å². The van der Waals surface area contributed by atoms with Crippen LogP contribution in [0.2, 0.25) is 0 Å². The molecule has 1 atom stereocenters. The summed E-state index contributed by atoms with van der Waals surface area (Å²) >= 11 is 0. The number of hydrogen-bond acceptors (Lipinski definition) is 4. The second-order valence-electron chi connectivity index (χ2n) is 6.85. The van der Waals surface area contributed by atoms with Gasteiger partial charge in [-0.05, 0) is 36.5 Å². The van der Waals surface area contributed by atoms with Crippen molar-refractivity contribution in [3.8, 4) is 6.07 Å². The van der Waals surface area contributed by atoms with Gasteiger partial charge in [-0.2, -0.15) is 5.26 Å². The zero-order valence-electron chi connectivity index (χ0n) is 15.0. The summed E-state index contributed by atoms with van der Waals surface area (Å²) in [6.07, 6.45) is 3.13. The number of benzene rings is 1. The van der Waals surface area contributed by atoms with Gasteiger partial charge in [0.15, 0.2) is 0 Å². The molecule has 1 N–H and O–H groups in total. The molecule has 0 radical (unpaired) electrons. The van der Waals surface area contributed by atoms with Crippen LogP contribution < -0.4 is 5.32 Å². The molecule has 3 rings (SSSR count). The van der Waals surface area contributed by atoms with Crippen LogP contribution in [0.25, 0.3) is 10.9 Å². The SMILES string of the molecule is CC(C)c1ccc2c(C(=O)NCC(=O)N3CCC[C@@H]3C#N)ccnc2c1. The molecule has 2 aromatic rings. The van der Waals surface area contributed by atoms with E-state index in [-0.39, 0.29) is 24.4 Å². The van der Waals surface area contributed by atoms with E-state index in [0.717, 1.165) is 22.9 Å². The minimum absolute atomic E-state index is 0.106. The van der Waals surface area contributed by atoms with E-state index in [2.05, 4.69) is 30.2 Å². The molecule has 6 nitrogen and oxygen atoms in total. The summed E-state index contributed by atoms with van der Waals surface area (Å²) in [5, 5.41) is 12.5. The zero-order valence-corrected chi connectivity index (χ0v) is 15.0. The summed E-state index contributed by atoms with van der Waals surface area (Å²) in [7, 11) is 0. The molecule has 1 saturated heterocycles. The Morgan fingerprint density at radius 1 is 1.38 bits per heavy atom. The number of fused-ring (bicyclic) bond motifs is 1. The first-order valence-electron chi connectivity index (χ1n) is 8.87. The summed E-state index contributed by atoms with van der Waals surface area (Å²) in [5.41, 5.74) is 2.42. The van der Waals surface area contributed by atoms with Gasteiger partial charge in [0.05, 0.1) is 23.7 Å². The van der Waals surface area contributed by atoms with Crippen molar-refractivity contribution in [2.45, 2.75) is 38.6 Å². The lowest BCUT2D eigenvalue weighted by molar-refractivity contribution is -0.130. The first-order valence-corrected chi connectivity index (χ1v) is 8.87. The normalized spacial score (nSPS) is 16.7. The molecule has 1 aliphatic heterocycles. The standard InChI is InChI=1S/C20H22N4O2/c1-13(2)14-5-6-16-17(7-8-22-18(16)10-14)20(26)23-12-19(25)24-9-3-4-15(24)11-21/h5-8,10,13,15H,3-4,9,12H2,1-2H3,(H,23,26)/t15-/m1/s1. The lowest BCUT2D eigenvalue weighted by Gasteiger charge is -2.19. The van der Waals surface area contributed by atoms with Gasteiger partial charge in [-0.15, -0.1) is 0 Å². The third kappa shape index (κ3) is 3.52. The van der Waals surface area contributed by atoms with Gasteiger partial charge in [0.1, 0.15) is 6.04 Å². The highest BCUT2D eigenvalue weighted by atomic mass is 16.2. The number of carbonyl (C=O) groups is 2. The van der Waals surface area contributed by atoms with Gasteiger partial charge in [-0.3, -0.25) is 14.6 Å². The Balaban J connectivity index is 1.74. The highest BCUT2D eigenvalue weighted by molar-refractivity contribution is 6.07. The third-order valence-corrected chi connectivity index (χ3v) is 4.80. The predicted octanol–water partition coefficient (Wildman–Crippen LogP) is 2.60. The fourth-order valence-electron chi connectivity index (χ4n) is 3.27. The van der Waals surface area contributed by atoms with Crippen LogP contribution in [-0.4, -0.2) is 40.8 Å². The first kappa shape index (κ1) is 17.9. The summed E-state index contributed by atoms with van der Waals surface area (Å²) in [5.74, 6) is -0.150. The molecule has 0 unspecified atom stereocenters. The molecule has 2 heterocycles. The highest BCUT2D eigenvalue weighted by Crippen LogP contribution is 2.22. The van der Waals surface area contributed by atoms with Gasteiger partial charge in [0.2, 0.25) is 5.91 Å². The molecule has 0 spiro atoms. The van der Waals surface area contributed by atoms with E-state index in [1.54, 1.807) is 17.2 Å². The number of amides is 2. The average molecular weight is 350 g/mol. The van der Waals surface area contributed by atoms with E-state index in [4.69, 9.17) is 5.26 Å². The van der Waals surface area contributed by atoms with Crippen LogP contribution >= 0.6 is 0 Å². The minimum Gasteiger partial charge on any atom is -0.343 e. The lowest BCUT2D eigenvalue weighted by Crippen LogP contribution is -2.42. The number of nitrogens with one attached hydrogen (secondary N) is 1. The number of nitrogens with zero attached hydrogens (tertiary/aromatic N) is 3. The quantitative estimate of drug-likeness (QED) is 0.918. The van der Waals surface area contributed by atoms with E-state index in [1.165, 1.54) is 0 Å². The number of likely N-dealkylation sites (tertiary alicyclic amines) is 1. The minimum atomic E-state index is -0.379. The third-order valence-electron chi connectivity index (χ3n) is 4.80. The number of hydrogen-bond donors (Lipinski definition) is 1. The Labute approximate surface area is 152 Å². The summed E-state index contributed by atoms with van der Waals surface area (Å²) in [6, 6.07) is 9.31. The van der Waals surface area contributed by atoms with Crippen molar-refractivity contribution < 1.29 is 9.59 Å². The molecule has 1 aromatic heterocycles. The molecule has 2 amide bonds. The van der Waals surface area contributed by atoms with Crippen LogP contribution in [0, 0.1) is 11.3 Å². The predicted molar refractivity (Wildman–Crippen MR) is 98.5 cm³/mol. The molecule has 0 saturated carbocycles. The fraction of sp³-hybridized carbons (Fsp3) is 0.400. The Hall–Kier alpha value is -2.94. The molecule has 6 heteroatoms. The second-order valence-corrected chi connectivity index (χ2v) is 6.85. The molecule has 1 aliphatic rings. The Morgan fingerprint density at radius 2 is 2.19 bits per heavy atom. The number of carbonyl (C=O) groups excluding carboxylic acids is 2. The van der Waals surface area contributed by atoms with Gasteiger partial charge < -0.3 is 10.2 Å². The van der Waals surface area contributed by atoms with Gasteiger partial charge in [0.25, 0.3) is 5.91 Å². The maximum Gasteiger partial charge on any atom is 0.252 e. The average Bonchev–Trinajstić information content (AvgIpc) is 3.13. The second kappa shape index (κ2) is 7.52. The summed E-state index contributed by atoms with van der Waals surface area (Å²) < 4.78 is 0. The van der Waals surface area contributed by atoms with Crippen molar-refractivity contribution in [3.63, 3.8) is 0 Å². The van der Waals surface area contributed by atoms with Crippen molar-refractivity contribution in [1.82, 2.24) is 15.2 Å². The van der Waals surface area contributed by atoms with Gasteiger partial charge in [-0.25, -0.2) is 0 Å². The van der Waals surface area contributed by atoms with Gasteiger partial charge in [-0.1, -0.05) is 26.0 Å². The van der Waals surface area contributed by atoms with Crippen LogP contribution in [0.15, 0.2) is 30.5 Å². The van der Waals surface area contributed by atoms with E-state index >= 15 is 0 Å². The Morgan fingerprint density at radius 3 is 2.92 bits per heavy atom. The molecular weight excluding hydrogens is 328 g/mol. The summed E-state index contributed by atoms with van der Waals surface area (Å²) in [6.45, 7) is 4.68. The van der Waals surface area contributed by atoms with E-state index in [0.29, 0.717) is 24.4 Å². The van der Waals surface area contributed by atoms with Crippen LogP contribution in [0.4, 0.5) is 0 Å². The van der Waals surface area contributed by atoms with Crippen LogP contribution in [0.3, 0.4) is 0 Å². The molecule has 26 heavy (non-hydrogen) atoms. The van der Waals surface area contributed by atoms with Crippen molar-refractivity contribution >= 4 is 22.7 Å². The monoisotopic (exact) mass is 350 g/mol. The van der Waals surface area contributed by atoms with Crippen LogP contribution in [0.5, 0.6) is 0 Å². The number of aromatic nitrogens is 1. The zero-order chi connectivity index (χ0) is 18.7. The van der Waals surface area contributed by atoms with Crippen LogP contribution in [0.1, 0.15) is 48.5 Å². The Kier molecular flexibility index (Phi) is 5.17. The maximum atomic E-state index is 12.6. The molecule has 0 bridgehead atoms. The molecule has 1 aromatic carbocycles. The largest absolute Gasteiger partial charge is 0.343 e. The number of rotatable bonds is 4. The van der Waals surface area contributed by atoms with Gasteiger partial charge in [0, 0.05) is 18.1 Å². The molecular formula is C20H22N4O2. The molecule has 134 valence electrons. The number of pyridine rings is 1. The highest BCUT2D eigenvalue weighted by Gasteiger charge is 2.28. The summed E-state index contributed by atoms with van der Waals surface area (Å²) in [4.78, 5) is 30.8. The number of nitriles is 1. The molecule has 0 aliphatic carbocycles. The fourth-order valence-corrected chi connectivity index (χ4v) is 3.27. The van der Waals surface area contributed by atoms with Gasteiger partial charge >= 0.3 is 0 Å². The lowest BCUT2D eigenvalue weighted by atomic mass is 9.99. The van der Waals surface area contributed by atoms with Crippen molar-refractivity contribution in [3.05, 3.63) is 41.6 Å². The van der Waals surface area contributed by atoms with Crippen molar-refractivity contribution in [2.24, 2.45) is 0 Å². The first-order chi connectivity index (χ1) is 12.5. The Bertz CT molecular complexity index is 885. The molecule has 1 fully saturated rings. The van der Waals surface area contributed by atoms with Crippen molar-refractivity contribution in [2.75, 3.05) is 13.1 Å². The topological polar surface area (TPSA) is 86.1 Å². The van der Waals surface area contributed by atoms with E-state index < -0.39 is 0 Å². The van der Waals surface area contributed by atoms with E-state index in [9.17, 15) is 9.59 Å². The van der Waals surface area contributed by atoms with E-state index in [1.807, 2.05) is 18.2 Å². The van der Waals surface area contributed by atoms with Crippen LogP contribution in [-0.2, 0) is 4.79 Å². The smallest absolute Gasteiger partial charge is 0.252 e. The maximum absolute atomic E-state index is 12.6.